The van der Waals surface area contributed by atoms with Crippen LogP contribution in [-0.2, 0) is 11.3 Å². The number of morpholine rings is 1. The molecule has 1 saturated heterocycles. The molecule has 3 heterocycles. The maximum Gasteiger partial charge on any atom is 0.213 e. The predicted octanol–water partition coefficient (Wildman–Crippen LogP) is -0.0247. The van der Waals surface area contributed by atoms with Crippen LogP contribution >= 0.6 is 0 Å². The van der Waals surface area contributed by atoms with Crippen LogP contribution in [0.25, 0.3) is 0 Å². The van der Waals surface area contributed by atoms with Gasteiger partial charge in [-0.15, -0.1) is 0 Å². The van der Waals surface area contributed by atoms with Gasteiger partial charge in [-0.25, -0.2) is 4.98 Å². The van der Waals surface area contributed by atoms with Gasteiger partial charge in [0.2, 0.25) is 6.39 Å². The van der Waals surface area contributed by atoms with E-state index in [1.165, 1.54) is 6.39 Å². The highest BCUT2D eigenvalue weighted by molar-refractivity contribution is 5.06. The lowest BCUT2D eigenvalue weighted by atomic mass is 10.2. The first kappa shape index (κ1) is 10.4. The molecule has 1 unspecified atom stereocenters. The molecule has 0 bridgehead atoms. The Labute approximate surface area is 97.8 Å². The summed E-state index contributed by atoms with van der Waals surface area (Å²) >= 11 is 0. The second kappa shape index (κ2) is 4.64. The average Bonchev–Trinajstić information content (AvgIpc) is 3.02. The van der Waals surface area contributed by atoms with Gasteiger partial charge in [-0.2, -0.15) is 4.98 Å². The lowest BCUT2D eigenvalue weighted by Gasteiger charge is -2.24. The van der Waals surface area contributed by atoms with Crippen molar-refractivity contribution < 1.29 is 9.26 Å². The predicted molar refractivity (Wildman–Crippen MR) is 57.2 cm³/mol. The zero-order chi connectivity index (χ0) is 11.5. The van der Waals surface area contributed by atoms with Crippen LogP contribution < -0.4 is 5.32 Å². The highest BCUT2D eigenvalue weighted by Crippen LogP contribution is 2.18. The first-order valence-electron chi connectivity index (χ1n) is 5.51. The number of rotatable bonds is 3. The van der Waals surface area contributed by atoms with E-state index >= 15 is 0 Å². The number of aromatic nitrogens is 4. The molecule has 0 aliphatic carbocycles. The Morgan fingerprint density at radius 1 is 1.53 bits per heavy atom. The number of hydrogen-bond donors (Lipinski definition) is 1. The summed E-state index contributed by atoms with van der Waals surface area (Å²) in [6.07, 6.45) is 4.93. The van der Waals surface area contributed by atoms with Gasteiger partial charge in [-0.3, -0.25) is 0 Å². The normalized spacial score (nSPS) is 20.6. The monoisotopic (exact) mass is 235 g/mol. The summed E-state index contributed by atoms with van der Waals surface area (Å²) in [5.74, 6) is 0.632. The van der Waals surface area contributed by atoms with Crippen LogP contribution in [0.4, 0.5) is 0 Å². The first-order valence-corrected chi connectivity index (χ1v) is 5.51. The topological polar surface area (TPSA) is 78.0 Å². The summed E-state index contributed by atoms with van der Waals surface area (Å²) in [6.45, 7) is 2.97. The van der Waals surface area contributed by atoms with Crippen molar-refractivity contribution in [3.63, 3.8) is 0 Å². The average molecular weight is 235 g/mol. The van der Waals surface area contributed by atoms with Gasteiger partial charge in [0.25, 0.3) is 0 Å². The van der Waals surface area contributed by atoms with Crippen LogP contribution in [0.15, 0.2) is 23.4 Å². The maximum atomic E-state index is 5.69. The Balaban J connectivity index is 1.78. The second-order valence-corrected chi connectivity index (χ2v) is 3.86. The molecule has 2 aromatic heterocycles. The van der Waals surface area contributed by atoms with E-state index in [4.69, 9.17) is 9.26 Å². The minimum Gasteiger partial charge on any atom is -0.369 e. The van der Waals surface area contributed by atoms with Crippen LogP contribution in [0.1, 0.15) is 17.6 Å². The van der Waals surface area contributed by atoms with Gasteiger partial charge in [-0.1, -0.05) is 5.16 Å². The van der Waals surface area contributed by atoms with Gasteiger partial charge < -0.3 is 19.1 Å². The summed E-state index contributed by atoms with van der Waals surface area (Å²) in [5, 5.41) is 7.08. The van der Waals surface area contributed by atoms with Crippen LogP contribution in [0.5, 0.6) is 0 Å². The molecule has 0 saturated carbocycles. The third-order valence-corrected chi connectivity index (χ3v) is 2.72. The fraction of sp³-hybridized carbons (Fsp3) is 0.500. The second-order valence-electron chi connectivity index (χ2n) is 3.86. The Hall–Kier alpha value is -1.73. The Morgan fingerprint density at radius 2 is 2.53 bits per heavy atom. The fourth-order valence-electron chi connectivity index (χ4n) is 1.90. The van der Waals surface area contributed by atoms with Crippen molar-refractivity contribution in [2.45, 2.75) is 12.6 Å². The molecule has 1 aliphatic heterocycles. The van der Waals surface area contributed by atoms with E-state index in [0.717, 1.165) is 25.4 Å². The zero-order valence-corrected chi connectivity index (χ0v) is 9.24. The van der Waals surface area contributed by atoms with Gasteiger partial charge in [0.1, 0.15) is 6.10 Å². The van der Waals surface area contributed by atoms with E-state index < -0.39 is 0 Å². The number of nitrogens with one attached hydrogen (secondary N) is 1. The molecule has 1 aliphatic rings. The molecule has 7 heteroatoms. The molecule has 1 fully saturated rings. The van der Waals surface area contributed by atoms with Crippen LogP contribution in [0.2, 0.25) is 0 Å². The number of imidazole rings is 1. The van der Waals surface area contributed by atoms with Gasteiger partial charge in [0, 0.05) is 13.1 Å². The van der Waals surface area contributed by atoms with Gasteiger partial charge >= 0.3 is 0 Å². The van der Waals surface area contributed by atoms with Crippen LogP contribution in [-0.4, -0.2) is 39.4 Å². The van der Waals surface area contributed by atoms with E-state index in [0.29, 0.717) is 12.4 Å². The van der Waals surface area contributed by atoms with Crippen molar-refractivity contribution in [3.8, 4) is 0 Å². The van der Waals surface area contributed by atoms with Crippen molar-refractivity contribution in [3.05, 3.63) is 30.4 Å². The molecule has 17 heavy (non-hydrogen) atoms. The van der Waals surface area contributed by atoms with Gasteiger partial charge in [0.15, 0.2) is 5.82 Å². The smallest absolute Gasteiger partial charge is 0.213 e. The molecular weight excluding hydrogens is 222 g/mol. The van der Waals surface area contributed by atoms with Crippen LogP contribution in [0.3, 0.4) is 0 Å². The quantitative estimate of drug-likeness (QED) is 0.805. The van der Waals surface area contributed by atoms with E-state index in [1.54, 1.807) is 6.33 Å². The third-order valence-electron chi connectivity index (χ3n) is 2.72. The molecule has 7 nitrogen and oxygen atoms in total. The molecule has 1 atom stereocenters. The van der Waals surface area contributed by atoms with E-state index in [1.807, 2.05) is 10.8 Å². The SMILES string of the molecule is c1nc(Cn2cncc2C2CNCCO2)no1. The van der Waals surface area contributed by atoms with Crippen molar-refractivity contribution in [1.82, 2.24) is 25.0 Å². The van der Waals surface area contributed by atoms with E-state index in [2.05, 4.69) is 20.4 Å². The highest BCUT2D eigenvalue weighted by Gasteiger charge is 2.19. The van der Waals surface area contributed by atoms with Crippen molar-refractivity contribution >= 4 is 0 Å². The molecule has 2 aromatic rings. The zero-order valence-electron chi connectivity index (χ0n) is 9.24. The molecule has 0 aromatic carbocycles. The molecular formula is C10H13N5O2. The Bertz CT molecular complexity index is 461. The molecule has 1 N–H and O–H groups in total. The number of nitrogens with zero attached hydrogens (tertiary/aromatic N) is 4. The summed E-state index contributed by atoms with van der Waals surface area (Å²) in [7, 11) is 0. The minimum atomic E-state index is 0.0400. The molecule has 0 amide bonds. The van der Waals surface area contributed by atoms with Crippen molar-refractivity contribution in [2.24, 2.45) is 0 Å². The van der Waals surface area contributed by atoms with E-state index in [9.17, 15) is 0 Å². The van der Waals surface area contributed by atoms with Crippen molar-refractivity contribution in [1.29, 1.82) is 0 Å². The number of hydrogen-bond acceptors (Lipinski definition) is 6. The van der Waals surface area contributed by atoms with Crippen LogP contribution in [0, 0.1) is 0 Å². The molecule has 0 radical (unpaired) electrons. The fourth-order valence-corrected chi connectivity index (χ4v) is 1.90. The van der Waals surface area contributed by atoms with E-state index in [-0.39, 0.29) is 6.10 Å². The summed E-state index contributed by atoms with van der Waals surface area (Å²) < 4.78 is 12.4. The summed E-state index contributed by atoms with van der Waals surface area (Å²) in [4.78, 5) is 8.14. The van der Waals surface area contributed by atoms with Gasteiger partial charge in [-0.05, 0) is 0 Å². The number of ether oxygens (including phenoxy) is 1. The Morgan fingerprint density at radius 3 is 3.29 bits per heavy atom. The third kappa shape index (κ3) is 2.20. The van der Waals surface area contributed by atoms with Gasteiger partial charge in [0.05, 0.1) is 31.4 Å². The molecule has 0 spiro atoms. The largest absolute Gasteiger partial charge is 0.369 e. The lowest BCUT2D eigenvalue weighted by molar-refractivity contribution is 0.0229. The summed E-state index contributed by atoms with van der Waals surface area (Å²) in [5.41, 5.74) is 1.03. The summed E-state index contributed by atoms with van der Waals surface area (Å²) in [6, 6.07) is 0. The lowest BCUT2D eigenvalue weighted by Crippen LogP contribution is -2.34. The Kier molecular flexibility index (Phi) is 2.85. The maximum absolute atomic E-state index is 5.69. The van der Waals surface area contributed by atoms with Crippen molar-refractivity contribution in [2.75, 3.05) is 19.7 Å². The molecule has 90 valence electrons. The first-order chi connectivity index (χ1) is 8.43. The minimum absolute atomic E-state index is 0.0400. The standard InChI is InChI=1S/C10H13N5O2/c1-2-16-9(4-11-1)8-3-12-6-15(8)5-10-13-7-17-14-10/h3,6-7,9,11H,1-2,4-5H2. The molecule has 3 rings (SSSR count). The highest BCUT2D eigenvalue weighted by atomic mass is 16.5.